The zero-order chi connectivity index (χ0) is 21.1. The van der Waals surface area contributed by atoms with E-state index in [2.05, 4.69) is 49.0 Å². The fourth-order valence-electron chi connectivity index (χ4n) is 4.01. The number of anilines is 1. The van der Waals surface area contributed by atoms with E-state index in [0.717, 1.165) is 42.3 Å². The van der Waals surface area contributed by atoms with E-state index >= 15 is 0 Å². The van der Waals surface area contributed by atoms with E-state index in [0.29, 0.717) is 38.0 Å². The highest BCUT2D eigenvalue weighted by molar-refractivity contribution is 5.77. The standard InChI is InChI=1S/C24H33N3O3/c1-17(2)13-22(28)27(15-19-7-8-19)16-21-23(20-6-4-5-18(3)14-20)25-30-24(21)26-9-11-29-12-10-26/h4-6,14,17,19H,7-13,15-16H2,1-3H3. The minimum Gasteiger partial charge on any atom is -0.378 e. The molecule has 6 nitrogen and oxygen atoms in total. The number of ether oxygens (including phenoxy) is 1. The summed E-state index contributed by atoms with van der Waals surface area (Å²) in [7, 11) is 0. The second-order valence-electron chi connectivity index (χ2n) is 9.10. The van der Waals surface area contributed by atoms with Gasteiger partial charge in [0, 0.05) is 31.6 Å². The van der Waals surface area contributed by atoms with E-state index in [9.17, 15) is 4.79 Å². The van der Waals surface area contributed by atoms with Crippen LogP contribution in [0.1, 0.15) is 44.2 Å². The van der Waals surface area contributed by atoms with E-state index in [-0.39, 0.29) is 5.91 Å². The van der Waals surface area contributed by atoms with Crippen LogP contribution in [0.2, 0.25) is 0 Å². The summed E-state index contributed by atoms with van der Waals surface area (Å²) in [5.41, 5.74) is 4.08. The van der Waals surface area contributed by atoms with Crippen molar-refractivity contribution in [3.63, 3.8) is 0 Å². The van der Waals surface area contributed by atoms with E-state index in [1.807, 2.05) is 11.0 Å². The molecule has 0 atom stereocenters. The van der Waals surface area contributed by atoms with Crippen LogP contribution >= 0.6 is 0 Å². The van der Waals surface area contributed by atoms with Crippen molar-refractivity contribution >= 4 is 11.8 Å². The number of hydrogen-bond donors (Lipinski definition) is 0. The van der Waals surface area contributed by atoms with Crippen LogP contribution in [0, 0.1) is 18.8 Å². The molecular weight excluding hydrogens is 378 g/mol. The molecule has 1 aromatic carbocycles. The summed E-state index contributed by atoms with van der Waals surface area (Å²) in [6, 6.07) is 8.32. The number of nitrogens with zero attached hydrogens (tertiary/aromatic N) is 3. The van der Waals surface area contributed by atoms with Gasteiger partial charge >= 0.3 is 0 Å². The topological polar surface area (TPSA) is 58.8 Å². The lowest BCUT2D eigenvalue weighted by Gasteiger charge is -2.29. The maximum Gasteiger partial charge on any atom is 0.233 e. The quantitative estimate of drug-likeness (QED) is 0.649. The molecule has 4 rings (SSSR count). The Balaban J connectivity index is 1.68. The average molecular weight is 412 g/mol. The number of hydrogen-bond acceptors (Lipinski definition) is 5. The maximum atomic E-state index is 13.1. The molecule has 0 radical (unpaired) electrons. The number of carbonyl (C=O) groups excluding carboxylic acids is 1. The Morgan fingerprint density at radius 2 is 2.03 bits per heavy atom. The molecule has 1 aliphatic carbocycles. The molecule has 30 heavy (non-hydrogen) atoms. The van der Waals surface area contributed by atoms with Gasteiger partial charge in [-0.05, 0) is 37.7 Å². The first-order valence-electron chi connectivity index (χ1n) is 11.2. The third kappa shape index (κ3) is 5.04. The third-order valence-corrected chi connectivity index (χ3v) is 5.82. The highest BCUT2D eigenvalue weighted by Crippen LogP contribution is 2.35. The molecule has 0 bridgehead atoms. The number of amides is 1. The first-order chi connectivity index (χ1) is 14.5. The van der Waals surface area contributed by atoms with Crippen molar-refractivity contribution in [3.8, 4) is 11.3 Å². The van der Waals surface area contributed by atoms with Gasteiger partial charge in [-0.25, -0.2) is 0 Å². The number of aryl methyl sites for hydroxylation is 1. The molecule has 1 amide bonds. The molecule has 2 aromatic rings. The van der Waals surface area contributed by atoms with Gasteiger partial charge in [0.25, 0.3) is 0 Å². The Morgan fingerprint density at radius 1 is 1.27 bits per heavy atom. The second-order valence-corrected chi connectivity index (χ2v) is 9.10. The highest BCUT2D eigenvalue weighted by atomic mass is 16.5. The minimum absolute atomic E-state index is 0.223. The molecule has 0 unspecified atom stereocenters. The van der Waals surface area contributed by atoms with Crippen LogP contribution in [0.4, 0.5) is 5.88 Å². The van der Waals surface area contributed by atoms with Crippen LogP contribution in [-0.2, 0) is 16.1 Å². The molecule has 1 aromatic heterocycles. The highest BCUT2D eigenvalue weighted by Gasteiger charge is 2.31. The molecular formula is C24H33N3O3. The van der Waals surface area contributed by atoms with Crippen LogP contribution in [0.15, 0.2) is 28.8 Å². The van der Waals surface area contributed by atoms with Crippen LogP contribution in [0.5, 0.6) is 0 Å². The lowest BCUT2D eigenvalue weighted by Crippen LogP contribution is -2.38. The first-order valence-corrected chi connectivity index (χ1v) is 11.2. The smallest absolute Gasteiger partial charge is 0.233 e. The molecule has 1 aliphatic heterocycles. The van der Waals surface area contributed by atoms with Gasteiger partial charge in [-0.1, -0.05) is 42.8 Å². The fraction of sp³-hybridized carbons (Fsp3) is 0.583. The Hall–Kier alpha value is -2.34. The van der Waals surface area contributed by atoms with Gasteiger partial charge in [-0.15, -0.1) is 0 Å². The molecule has 2 heterocycles. The van der Waals surface area contributed by atoms with Crippen LogP contribution in [0.3, 0.4) is 0 Å². The Bertz CT molecular complexity index is 866. The average Bonchev–Trinajstić information content (AvgIpc) is 3.44. The van der Waals surface area contributed by atoms with Gasteiger partial charge < -0.3 is 19.1 Å². The summed E-state index contributed by atoms with van der Waals surface area (Å²) in [4.78, 5) is 17.3. The van der Waals surface area contributed by atoms with Crippen molar-refractivity contribution in [2.24, 2.45) is 11.8 Å². The van der Waals surface area contributed by atoms with Crippen LogP contribution in [-0.4, -0.2) is 48.8 Å². The van der Waals surface area contributed by atoms with Gasteiger partial charge in [0.15, 0.2) is 0 Å². The lowest BCUT2D eigenvalue weighted by molar-refractivity contribution is -0.132. The van der Waals surface area contributed by atoms with Crippen molar-refractivity contribution in [1.29, 1.82) is 0 Å². The predicted molar refractivity (Wildman–Crippen MR) is 117 cm³/mol. The summed E-state index contributed by atoms with van der Waals surface area (Å²) in [6.07, 6.45) is 3.01. The van der Waals surface area contributed by atoms with E-state index in [1.165, 1.54) is 18.4 Å². The van der Waals surface area contributed by atoms with Crippen molar-refractivity contribution in [2.45, 2.75) is 46.6 Å². The van der Waals surface area contributed by atoms with Crippen molar-refractivity contribution in [1.82, 2.24) is 10.1 Å². The van der Waals surface area contributed by atoms with E-state index in [1.54, 1.807) is 0 Å². The maximum absolute atomic E-state index is 13.1. The van der Waals surface area contributed by atoms with Crippen molar-refractivity contribution < 1.29 is 14.1 Å². The summed E-state index contributed by atoms with van der Waals surface area (Å²) < 4.78 is 11.4. The molecule has 1 saturated carbocycles. The van der Waals surface area contributed by atoms with Crippen LogP contribution in [0.25, 0.3) is 11.3 Å². The number of morpholine rings is 1. The van der Waals surface area contributed by atoms with Gasteiger partial charge in [-0.2, -0.15) is 0 Å². The molecule has 0 spiro atoms. The minimum atomic E-state index is 0.223. The third-order valence-electron chi connectivity index (χ3n) is 5.82. The second kappa shape index (κ2) is 9.21. The number of rotatable bonds is 8. The summed E-state index contributed by atoms with van der Waals surface area (Å²) >= 11 is 0. The summed E-state index contributed by atoms with van der Waals surface area (Å²) in [5.74, 6) is 1.99. The number of benzene rings is 1. The summed E-state index contributed by atoms with van der Waals surface area (Å²) in [5, 5.41) is 4.48. The fourth-order valence-corrected chi connectivity index (χ4v) is 4.01. The molecule has 162 valence electrons. The van der Waals surface area contributed by atoms with E-state index in [4.69, 9.17) is 9.26 Å². The predicted octanol–water partition coefficient (Wildman–Crippen LogP) is 4.27. The van der Waals surface area contributed by atoms with E-state index < -0.39 is 0 Å². The molecule has 2 fully saturated rings. The normalized spacial score (nSPS) is 16.9. The first kappa shape index (κ1) is 20.9. The molecule has 1 saturated heterocycles. The van der Waals surface area contributed by atoms with Gasteiger partial charge in [0.2, 0.25) is 11.8 Å². The van der Waals surface area contributed by atoms with Gasteiger partial charge in [-0.3, -0.25) is 4.79 Å². The lowest BCUT2D eigenvalue weighted by atomic mass is 10.0. The SMILES string of the molecule is Cc1cccc(-c2noc(N3CCOCC3)c2CN(CC2CC2)C(=O)CC(C)C)c1. The number of carbonyl (C=O) groups is 1. The van der Waals surface area contributed by atoms with Crippen molar-refractivity contribution in [2.75, 3.05) is 37.7 Å². The Morgan fingerprint density at radius 3 is 2.70 bits per heavy atom. The number of aromatic nitrogens is 1. The van der Waals surface area contributed by atoms with Gasteiger partial charge in [0.1, 0.15) is 5.69 Å². The van der Waals surface area contributed by atoms with Crippen molar-refractivity contribution in [3.05, 3.63) is 35.4 Å². The zero-order valence-electron chi connectivity index (χ0n) is 18.4. The monoisotopic (exact) mass is 411 g/mol. The largest absolute Gasteiger partial charge is 0.378 e. The molecule has 0 N–H and O–H groups in total. The zero-order valence-corrected chi connectivity index (χ0v) is 18.4. The summed E-state index contributed by atoms with van der Waals surface area (Å²) in [6.45, 7) is 10.6. The Kier molecular flexibility index (Phi) is 6.42. The molecule has 2 aliphatic rings. The molecule has 6 heteroatoms. The van der Waals surface area contributed by atoms with Gasteiger partial charge in [0.05, 0.1) is 25.3 Å². The van der Waals surface area contributed by atoms with Crippen LogP contribution < -0.4 is 4.90 Å². The Labute approximate surface area is 179 Å².